The van der Waals surface area contributed by atoms with Gasteiger partial charge in [0.1, 0.15) is 5.69 Å². The van der Waals surface area contributed by atoms with Gasteiger partial charge in [0.2, 0.25) is 5.91 Å². The van der Waals surface area contributed by atoms with Crippen LogP contribution in [0.5, 0.6) is 0 Å². The molecule has 1 aromatic heterocycles. The van der Waals surface area contributed by atoms with Crippen molar-refractivity contribution in [2.24, 2.45) is 17.8 Å². The van der Waals surface area contributed by atoms with E-state index in [1.165, 1.54) is 12.8 Å². The van der Waals surface area contributed by atoms with Crippen molar-refractivity contribution in [3.63, 3.8) is 0 Å². The van der Waals surface area contributed by atoms with Gasteiger partial charge in [-0.2, -0.15) is 11.8 Å². The Bertz CT molecular complexity index is 666. The number of carbonyl (C=O) groups excluding carboxylic acids is 1. The first-order valence-electron chi connectivity index (χ1n) is 10.5. The molecule has 4 rings (SSSR count). The second-order valence-electron chi connectivity index (χ2n) is 8.54. The van der Waals surface area contributed by atoms with Crippen LogP contribution < -0.4 is 0 Å². The summed E-state index contributed by atoms with van der Waals surface area (Å²) < 4.78 is 13.6. The summed E-state index contributed by atoms with van der Waals surface area (Å²) in [6.45, 7) is 3.10. The van der Waals surface area contributed by atoms with Crippen LogP contribution in [0.1, 0.15) is 43.8 Å². The molecule has 1 saturated heterocycles. The van der Waals surface area contributed by atoms with Crippen LogP contribution in [0.2, 0.25) is 0 Å². The van der Waals surface area contributed by atoms with Gasteiger partial charge < -0.3 is 14.4 Å². The molecule has 8 heteroatoms. The van der Waals surface area contributed by atoms with Gasteiger partial charge in [-0.1, -0.05) is 5.21 Å². The van der Waals surface area contributed by atoms with Crippen molar-refractivity contribution in [2.75, 3.05) is 38.8 Å². The molecule has 0 unspecified atom stereocenters. The van der Waals surface area contributed by atoms with E-state index in [1.807, 2.05) is 10.9 Å². The van der Waals surface area contributed by atoms with Gasteiger partial charge in [-0.15, -0.1) is 5.10 Å². The molecule has 2 heterocycles. The zero-order chi connectivity index (χ0) is 19.5. The summed E-state index contributed by atoms with van der Waals surface area (Å²) >= 11 is 1.74. The Labute approximate surface area is 171 Å². The molecule has 2 saturated carbocycles. The first-order chi connectivity index (χ1) is 13.7. The molecule has 0 aromatic carbocycles. The van der Waals surface area contributed by atoms with Gasteiger partial charge in [0.05, 0.1) is 24.9 Å². The first kappa shape index (κ1) is 20.2. The Kier molecular flexibility index (Phi) is 6.58. The van der Waals surface area contributed by atoms with E-state index < -0.39 is 0 Å². The summed E-state index contributed by atoms with van der Waals surface area (Å²) in [6, 6.07) is 0.194. The summed E-state index contributed by atoms with van der Waals surface area (Å²) in [6.07, 6.45) is 9.45. The van der Waals surface area contributed by atoms with Crippen molar-refractivity contribution >= 4 is 17.7 Å². The van der Waals surface area contributed by atoms with Crippen molar-refractivity contribution in [1.29, 1.82) is 0 Å². The molecule has 4 atom stereocenters. The molecule has 0 spiro atoms. The van der Waals surface area contributed by atoms with Crippen molar-refractivity contribution in [3.8, 4) is 0 Å². The van der Waals surface area contributed by atoms with Gasteiger partial charge in [0.15, 0.2) is 0 Å². The smallest absolute Gasteiger partial charge is 0.223 e. The number of likely N-dealkylation sites (tertiary alicyclic amines) is 1. The molecule has 28 heavy (non-hydrogen) atoms. The maximum Gasteiger partial charge on any atom is 0.223 e. The van der Waals surface area contributed by atoms with Gasteiger partial charge in [-0.3, -0.25) is 4.79 Å². The van der Waals surface area contributed by atoms with E-state index in [0.29, 0.717) is 30.8 Å². The predicted octanol–water partition coefficient (Wildman–Crippen LogP) is 2.38. The number of fused-ring (bicyclic) bond motifs is 1. The Morgan fingerprint density at radius 2 is 2.07 bits per heavy atom. The summed E-state index contributed by atoms with van der Waals surface area (Å²) in [5.41, 5.74) is 0.853. The summed E-state index contributed by atoms with van der Waals surface area (Å²) in [5.74, 6) is 3.02. The van der Waals surface area contributed by atoms with Crippen LogP contribution in [0.4, 0.5) is 0 Å². The van der Waals surface area contributed by atoms with E-state index in [4.69, 9.17) is 9.47 Å². The third kappa shape index (κ3) is 4.71. The number of amides is 1. The molecular formula is C20H32N4O3S. The number of methoxy groups -OCH3 is 1. The number of hydrogen-bond acceptors (Lipinski definition) is 6. The minimum Gasteiger partial charge on any atom is -0.378 e. The molecule has 7 nitrogen and oxygen atoms in total. The third-order valence-electron chi connectivity index (χ3n) is 6.39. The Balaban J connectivity index is 1.44. The second kappa shape index (κ2) is 9.13. The maximum atomic E-state index is 12.5. The highest BCUT2D eigenvalue weighted by Crippen LogP contribution is 2.43. The van der Waals surface area contributed by atoms with Crippen molar-refractivity contribution < 1.29 is 14.3 Å². The molecule has 0 radical (unpaired) electrons. The Morgan fingerprint density at radius 1 is 1.29 bits per heavy atom. The number of rotatable bonds is 9. The summed E-state index contributed by atoms with van der Waals surface area (Å²) in [5, 5.41) is 8.63. The van der Waals surface area contributed by atoms with Crippen LogP contribution in [0.3, 0.4) is 0 Å². The highest BCUT2D eigenvalue weighted by Gasteiger charge is 2.45. The quantitative estimate of drug-likeness (QED) is 0.625. The van der Waals surface area contributed by atoms with Crippen molar-refractivity contribution in [3.05, 3.63) is 11.9 Å². The SMILES string of the molecule is COCc1cn([C@@H]2C[C@@H]3CN(C(=O)CCSC)C[C@@H]3C[C@H]2OCC2CC2)nn1. The molecule has 0 bridgehead atoms. The number of thioether (sulfide) groups is 1. The van der Waals surface area contributed by atoms with Crippen LogP contribution >= 0.6 is 11.8 Å². The molecule has 156 valence electrons. The van der Waals surface area contributed by atoms with E-state index in [9.17, 15) is 4.79 Å². The van der Waals surface area contributed by atoms with E-state index in [0.717, 1.165) is 49.9 Å². The van der Waals surface area contributed by atoms with Gasteiger partial charge in [-0.25, -0.2) is 4.68 Å². The average Bonchev–Trinajstić information content (AvgIpc) is 3.25. The standard InChI is InChI=1S/C20H32N4O3S/c1-26-13-17-11-24(22-21-17)18-7-15-9-23(20(25)5-6-28-2)10-16(15)8-19(18)27-12-14-3-4-14/h11,14-16,18-19H,3-10,12-13H2,1-2H3/t15-,16+,18-,19-/m1/s1. The first-order valence-corrected chi connectivity index (χ1v) is 11.8. The lowest BCUT2D eigenvalue weighted by atomic mass is 9.77. The topological polar surface area (TPSA) is 69.5 Å². The number of ether oxygens (including phenoxy) is 2. The average molecular weight is 409 g/mol. The largest absolute Gasteiger partial charge is 0.378 e. The number of aromatic nitrogens is 3. The van der Waals surface area contributed by atoms with Crippen molar-refractivity contribution in [2.45, 2.75) is 50.9 Å². The third-order valence-corrected chi connectivity index (χ3v) is 7.00. The number of carbonyl (C=O) groups is 1. The van der Waals surface area contributed by atoms with E-state index in [2.05, 4.69) is 21.5 Å². The fourth-order valence-electron chi connectivity index (χ4n) is 4.63. The normalized spacial score (nSPS) is 29.9. The van der Waals surface area contributed by atoms with Gasteiger partial charge in [0.25, 0.3) is 0 Å². The van der Waals surface area contributed by atoms with Crippen molar-refractivity contribution in [1.82, 2.24) is 19.9 Å². The van der Waals surface area contributed by atoms with Crippen LogP contribution in [-0.2, 0) is 20.9 Å². The van der Waals surface area contributed by atoms with Crippen LogP contribution in [0.25, 0.3) is 0 Å². The van der Waals surface area contributed by atoms with Gasteiger partial charge in [0, 0.05) is 39.0 Å². The Hall–Kier alpha value is -1.12. The van der Waals surface area contributed by atoms with Gasteiger partial charge in [-0.05, 0) is 49.7 Å². The lowest BCUT2D eigenvalue weighted by Crippen LogP contribution is -2.38. The zero-order valence-electron chi connectivity index (χ0n) is 17.0. The maximum absolute atomic E-state index is 12.5. The van der Waals surface area contributed by atoms with Crippen LogP contribution in [0.15, 0.2) is 6.20 Å². The lowest BCUT2D eigenvalue weighted by molar-refractivity contribution is -0.129. The summed E-state index contributed by atoms with van der Waals surface area (Å²) in [4.78, 5) is 14.6. The highest BCUT2D eigenvalue weighted by atomic mass is 32.2. The lowest BCUT2D eigenvalue weighted by Gasteiger charge is -2.37. The number of hydrogen-bond donors (Lipinski definition) is 0. The molecule has 1 amide bonds. The molecule has 1 aromatic rings. The molecule has 1 aliphatic heterocycles. The second-order valence-corrected chi connectivity index (χ2v) is 9.52. The molecular weight excluding hydrogens is 376 g/mol. The summed E-state index contributed by atoms with van der Waals surface area (Å²) in [7, 11) is 1.67. The molecule has 3 aliphatic rings. The molecule has 0 N–H and O–H groups in total. The van der Waals surface area contributed by atoms with E-state index >= 15 is 0 Å². The monoisotopic (exact) mass is 408 g/mol. The highest BCUT2D eigenvalue weighted by molar-refractivity contribution is 7.98. The fraction of sp³-hybridized carbons (Fsp3) is 0.850. The van der Waals surface area contributed by atoms with E-state index in [-0.39, 0.29) is 12.1 Å². The fourth-order valence-corrected chi connectivity index (χ4v) is 5.01. The van der Waals surface area contributed by atoms with Gasteiger partial charge >= 0.3 is 0 Å². The predicted molar refractivity (Wildman–Crippen MR) is 108 cm³/mol. The van der Waals surface area contributed by atoms with E-state index in [1.54, 1.807) is 18.9 Å². The molecule has 3 fully saturated rings. The molecule has 2 aliphatic carbocycles. The number of nitrogens with zero attached hydrogens (tertiary/aromatic N) is 4. The minimum atomic E-state index is 0.153. The Morgan fingerprint density at radius 3 is 2.79 bits per heavy atom. The van der Waals surface area contributed by atoms with Crippen LogP contribution in [0, 0.1) is 17.8 Å². The van der Waals surface area contributed by atoms with Crippen LogP contribution in [-0.4, -0.2) is 70.7 Å². The zero-order valence-corrected chi connectivity index (χ0v) is 17.8. The minimum absolute atomic E-state index is 0.153.